The zero-order valence-electron chi connectivity index (χ0n) is 14.7. The van der Waals surface area contributed by atoms with Gasteiger partial charge < -0.3 is 19.0 Å². The third kappa shape index (κ3) is 6.57. The van der Waals surface area contributed by atoms with E-state index >= 15 is 0 Å². The lowest BCUT2D eigenvalue weighted by molar-refractivity contribution is 0.00486. The van der Waals surface area contributed by atoms with Crippen LogP contribution in [0.5, 0.6) is 0 Å². The first-order valence-corrected chi connectivity index (χ1v) is 10.3. The van der Waals surface area contributed by atoms with E-state index in [0.717, 1.165) is 18.9 Å². The van der Waals surface area contributed by atoms with Gasteiger partial charge in [-0.05, 0) is 39.3 Å². The van der Waals surface area contributed by atoms with Crippen LogP contribution in [0.25, 0.3) is 0 Å². The van der Waals surface area contributed by atoms with Crippen LogP contribution >= 0.6 is 0 Å². The van der Waals surface area contributed by atoms with Gasteiger partial charge in [-0.3, -0.25) is 0 Å². The average Bonchev–Trinajstić information content (AvgIpc) is 2.54. The Kier molecular flexibility index (Phi) is 8.72. The minimum Gasteiger partial charge on any atom is -0.374 e. The lowest BCUT2D eigenvalue weighted by atomic mass is 9.97. The van der Waals surface area contributed by atoms with Gasteiger partial charge in [0.25, 0.3) is 0 Å². The van der Waals surface area contributed by atoms with Crippen LogP contribution in [-0.4, -0.2) is 34.2 Å². The molecule has 0 saturated carbocycles. The minimum absolute atomic E-state index is 0.535. The van der Waals surface area contributed by atoms with Gasteiger partial charge in [0, 0.05) is 25.7 Å². The largest absolute Gasteiger partial charge is 0.501 e. The summed E-state index contributed by atoms with van der Waals surface area (Å²) in [6.45, 7) is 11.7. The average molecular weight is 338 g/mol. The van der Waals surface area contributed by atoms with Gasteiger partial charge in [-0.2, -0.15) is 0 Å². The van der Waals surface area contributed by atoms with Crippen molar-refractivity contribution in [2.24, 2.45) is 5.73 Å². The molecule has 0 spiro atoms. The van der Waals surface area contributed by atoms with E-state index in [9.17, 15) is 0 Å². The van der Waals surface area contributed by atoms with Gasteiger partial charge in [0.1, 0.15) is 0 Å². The molecule has 0 aromatic heterocycles. The van der Waals surface area contributed by atoms with Gasteiger partial charge in [-0.1, -0.05) is 36.4 Å². The molecule has 0 bridgehead atoms. The van der Waals surface area contributed by atoms with Crippen molar-refractivity contribution in [2.75, 3.05) is 19.8 Å². The Morgan fingerprint density at radius 3 is 2.26 bits per heavy atom. The molecule has 1 atom stereocenters. The van der Waals surface area contributed by atoms with Crippen molar-refractivity contribution in [3.8, 4) is 0 Å². The van der Waals surface area contributed by atoms with Gasteiger partial charge in [-0.25, -0.2) is 0 Å². The quantitative estimate of drug-likeness (QED) is 0.468. The molecule has 1 aromatic rings. The second kappa shape index (κ2) is 10.0. The third-order valence-electron chi connectivity index (χ3n) is 3.63. The van der Waals surface area contributed by atoms with Gasteiger partial charge in [0.2, 0.25) is 0 Å². The fourth-order valence-corrected chi connectivity index (χ4v) is 5.54. The Labute approximate surface area is 142 Å². The van der Waals surface area contributed by atoms with Crippen LogP contribution in [0.3, 0.4) is 0 Å². The Bertz CT molecular complexity index is 449. The molecule has 1 rings (SSSR count). The molecule has 4 nitrogen and oxygen atoms in total. The van der Waals surface area contributed by atoms with Crippen LogP contribution in [0.1, 0.15) is 32.8 Å². The van der Waals surface area contributed by atoms with E-state index in [1.807, 2.05) is 45.0 Å². The maximum atomic E-state index is 6.48. The van der Waals surface area contributed by atoms with E-state index in [2.05, 4.69) is 18.7 Å². The molecule has 130 valence electrons. The maximum Gasteiger partial charge on any atom is 0.501 e. The molecule has 1 aromatic carbocycles. The Morgan fingerprint density at radius 1 is 1.17 bits per heavy atom. The van der Waals surface area contributed by atoms with Crippen molar-refractivity contribution >= 4 is 8.80 Å². The standard InChI is InChI=1S/C18H31NO3Si/c1-5-18(4,16-17-12-9-8-10-13-17)22-23(20-6-2,21-7-3)15-11-14-19/h5,8-10,12-13H,1,6-7,11,14-16,19H2,2-4H3. The smallest absolute Gasteiger partial charge is 0.374 e. The van der Waals surface area contributed by atoms with Crippen molar-refractivity contribution in [1.29, 1.82) is 0 Å². The molecule has 0 heterocycles. The van der Waals surface area contributed by atoms with Gasteiger partial charge in [-0.15, -0.1) is 6.58 Å². The van der Waals surface area contributed by atoms with E-state index in [4.69, 9.17) is 19.0 Å². The van der Waals surface area contributed by atoms with Crippen LogP contribution in [0.15, 0.2) is 43.0 Å². The molecular weight excluding hydrogens is 306 g/mol. The molecular formula is C18H31NO3Si. The van der Waals surface area contributed by atoms with Crippen molar-refractivity contribution < 1.29 is 13.3 Å². The number of nitrogens with two attached hydrogens (primary N) is 1. The first kappa shape index (κ1) is 20.1. The number of benzene rings is 1. The molecule has 1 unspecified atom stereocenters. The second-order valence-corrected chi connectivity index (χ2v) is 8.37. The van der Waals surface area contributed by atoms with Crippen LogP contribution in [0, 0.1) is 0 Å². The Balaban J connectivity index is 2.96. The maximum absolute atomic E-state index is 6.48. The van der Waals surface area contributed by atoms with Crippen molar-refractivity contribution in [3.05, 3.63) is 48.6 Å². The summed E-state index contributed by atoms with van der Waals surface area (Å²) in [6.07, 6.45) is 3.40. The minimum atomic E-state index is -2.78. The van der Waals surface area contributed by atoms with Crippen molar-refractivity contribution in [3.63, 3.8) is 0 Å². The summed E-state index contributed by atoms with van der Waals surface area (Å²) in [5.41, 5.74) is 6.35. The summed E-state index contributed by atoms with van der Waals surface area (Å²) < 4.78 is 18.5. The van der Waals surface area contributed by atoms with E-state index in [1.165, 1.54) is 5.56 Å². The third-order valence-corrected chi connectivity index (χ3v) is 6.83. The summed E-state index contributed by atoms with van der Waals surface area (Å²) in [5.74, 6) is 0. The summed E-state index contributed by atoms with van der Waals surface area (Å²) in [5, 5.41) is 0. The van der Waals surface area contributed by atoms with Crippen molar-refractivity contribution in [1.82, 2.24) is 0 Å². The predicted octanol–water partition coefficient (Wildman–Crippen LogP) is 3.55. The monoisotopic (exact) mass is 337 g/mol. The van der Waals surface area contributed by atoms with Crippen molar-refractivity contribution in [2.45, 2.75) is 45.3 Å². The predicted molar refractivity (Wildman–Crippen MR) is 97.3 cm³/mol. The Hall–Kier alpha value is -0.983. The molecule has 0 aliphatic rings. The summed E-state index contributed by atoms with van der Waals surface area (Å²) in [7, 11) is -2.78. The van der Waals surface area contributed by atoms with E-state index < -0.39 is 14.4 Å². The molecule has 0 aliphatic carbocycles. The molecule has 5 heteroatoms. The highest BCUT2D eigenvalue weighted by Crippen LogP contribution is 2.28. The molecule has 0 saturated heterocycles. The molecule has 23 heavy (non-hydrogen) atoms. The van der Waals surface area contributed by atoms with E-state index in [-0.39, 0.29) is 0 Å². The van der Waals surface area contributed by atoms with Crippen LogP contribution in [-0.2, 0) is 19.7 Å². The first-order chi connectivity index (χ1) is 11.0. The SMILES string of the molecule is C=CC(C)(Cc1ccccc1)O[Si](CCCN)(OCC)OCC. The zero-order chi connectivity index (χ0) is 17.2. The Morgan fingerprint density at radius 2 is 1.78 bits per heavy atom. The number of rotatable bonds is 12. The summed E-state index contributed by atoms with van der Waals surface area (Å²) >= 11 is 0. The molecule has 0 fully saturated rings. The second-order valence-electron chi connectivity index (χ2n) is 5.72. The lowest BCUT2D eigenvalue weighted by Gasteiger charge is -2.37. The lowest BCUT2D eigenvalue weighted by Crippen LogP contribution is -2.52. The molecule has 2 N–H and O–H groups in total. The van der Waals surface area contributed by atoms with Crippen LogP contribution in [0.4, 0.5) is 0 Å². The summed E-state index contributed by atoms with van der Waals surface area (Å²) in [6, 6.07) is 11.0. The normalized spacial score (nSPS) is 14.4. The molecule has 0 radical (unpaired) electrons. The first-order valence-electron chi connectivity index (χ1n) is 8.38. The highest BCUT2D eigenvalue weighted by Gasteiger charge is 2.45. The molecule has 0 amide bonds. The highest BCUT2D eigenvalue weighted by atomic mass is 28.4. The molecule has 0 aliphatic heterocycles. The number of hydrogen-bond acceptors (Lipinski definition) is 4. The van der Waals surface area contributed by atoms with Gasteiger partial charge >= 0.3 is 8.80 Å². The highest BCUT2D eigenvalue weighted by molar-refractivity contribution is 6.60. The van der Waals surface area contributed by atoms with Crippen LogP contribution < -0.4 is 5.73 Å². The topological polar surface area (TPSA) is 53.7 Å². The fourth-order valence-electron chi connectivity index (χ4n) is 2.56. The van der Waals surface area contributed by atoms with Crippen LogP contribution in [0.2, 0.25) is 6.04 Å². The zero-order valence-corrected chi connectivity index (χ0v) is 15.7. The fraction of sp³-hybridized carbons (Fsp3) is 0.556. The summed E-state index contributed by atoms with van der Waals surface area (Å²) in [4.78, 5) is 0. The van der Waals surface area contributed by atoms with E-state index in [1.54, 1.807) is 0 Å². The van der Waals surface area contributed by atoms with Gasteiger partial charge in [0.15, 0.2) is 0 Å². The number of hydrogen-bond donors (Lipinski definition) is 1. The van der Waals surface area contributed by atoms with Gasteiger partial charge in [0.05, 0.1) is 5.60 Å². The van der Waals surface area contributed by atoms with E-state index in [0.29, 0.717) is 19.8 Å².